The number of aliphatic hydroxyl groups excluding tert-OH is 1. The molecule has 274 valence electrons. The van der Waals surface area contributed by atoms with Crippen LogP contribution in [0.1, 0.15) is 181 Å². The van der Waals surface area contributed by atoms with Gasteiger partial charge in [-0.25, -0.2) is 0 Å². The third kappa shape index (κ3) is 35.4. The molecule has 0 aromatic carbocycles. The first-order valence-corrected chi connectivity index (χ1v) is 20.9. The molecular weight excluding hydrogens is 607 g/mol. The van der Waals surface area contributed by atoms with E-state index in [-0.39, 0.29) is 5.91 Å². The van der Waals surface area contributed by atoms with Crippen molar-refractivity contribution in [2.75, 3.05) is 5.75 Å². The fraction of sp³-hybridized carbons (Fsp3) is 0.775. The molecule has 0 saturated heterocycles. The highest BCUT2D eigenvalue weighted by Crippen LogP contribution is 2.15. The molecular formula is C40H73NO5S. The van der Waals surface area contributed by atoms with Crippen molar-refractivity contribution < 1.29 is 22.9 Å². The van der Waals surface area contributed by atoms with E-state index in [9.17, 15) is 22.9 Å². The van der Waals surface area contributed by atoms with Crippen LogP contribution >= 0.6 is 0 Å². The molecule has 0 aromatic rings. The molecule has 2 atom stereocenters. The van der Waals surface area contributed by atoms with E-state index >= 15 is 0 Å². The second-order valence-corrected chi connectivity index (χ2v) is 14.7. The minimum absolute atomic E-state index is 0.262. The van der Waals surface area contributed by atoms with Gasteiger partial charge in [0, 0.05) is 6.42 Å². The molecule has 0 radical (unpaired) electrons. The Kier molecular flexibility index (Phi) is 32.9. The molecule has 0 aliphatic carbocycles. The average molecular weight is 680 g/mol. The summed E-state index contributed by atoms with van der Waals surface area (Å²) in [4.78, 5) is 12.5. The molecule has 0 heterocycles. The minimum Gasteiger partial charge on any atom is -0.391 e. The highest BCUT2D eigenvalue weighted by Gasteiger charge is 2.26. The zero-order valence-corrected chi connectivity index (χ0v) is 31.2. The maximum atomic E-state index is 12.5. The first-order valence-electron chi connectivity index (χ1n) is 19.3. The van der Waals surface area contributed by atoms with Crippen molar-refractivity contribution in [1.29, 1.82) is 0 Å². The molecule has 0 aliphatic heterocycles. The minimum atomic E-state index is -4.31. The quantitative estimate of drug-likeness (QED) is 0.0357. The Labute approximate surface area is 290 Å². The van der Waals surface area contributed by atoms with E-state index in [2.05, 4.69) is 67.8 Å². The number of carbonyl (C=O) groups excluding carboxylic acids is 1. The van der Waals surface area contributed by atoms with Crippen LogP contribution in [0.2, 0.25) is 0 Å². The summed E-state index contributed by atoms with van der Waals surface area (Å²) in [5.74, 6) is -0.917. The van der Waals surface area contributed by atoms with Gasteiger partial charge in [0.15, 0.2) is 0 Å². The maximum Gasteiger partial charge on any atom is 0.266 e. The number of amides is 1. The van der Waals surface area contributed by atoms with E-state index in [0.717, 1.165) is 77.0 Å². The Morgan fingerprint density at radius 2 is 1.02 bits per heavy atom. The fourth-order valence-corrected chi connectivity index (χ4v) is 6.44. The molecule has 2 unspecified atom stereocenters. The van der Waals surface area contributed by atoms with E-state index in [1.165, 1.54) is 77.0 Å². The second-order valence-electron chi connectivity index (χ2n) is 13.2. The van der Waals surface area contributed by atoms with Crippen LogP contribution in [0.3, 0.4) is 0 Å². The Morgan fingerprint density at radius 3 is 1.51 bits per heavy atom. The molecule has 0 spiro atoms. The van der Waals surface area contributed by atoms with Crippen LogP contribution in [0.25, 0.3) is 0 Å². The Balaban J connectivity index is 3.93. The Bertz CT molecular complexity index is 925. The molecule has 0 aliphatic rings. The Morgan fingerprint density at radius 1 is 0.596 bits per heavy atom. The van der Waals surface area contributed by atoms with Gasteiger partial charge in [0.05, 0.1) is 17.9 Å². The van der Waals surface area contributed by atoms with Crippen LogP contribution in [0.4, 0.5) is 0 Å². The summed E-state index contributed by atoms with van der Waals surface area (Å²) >= 11 is 0. The number of nitrogens with one attached hydrogen (secondary N) is 1. The smallest absolute Gasteiger partial charge is 0.266 e. The number of unbranched alkanes of at least 4 members (excludes halogenated alkanes) is 18. The van der Waals surface area contributed by atoms with E-state index in [1.807, 2.05) is 0 Å². The van der Waals surface area contributed by atoms with Gasteiger partial charge in [0.1, 0.15) is 0 Å². The van der Waals surface area contributed by atoms with Crippen LogP contribution < -0.4 is 5.32 Å². The summed E-state index contributed by atoms with van der Waals surface area (Å²) < 4.78 is 32.5. The molecule has 1 amide bonds. The number of carbonyl (C=O) groups is 1. The van der Waals surface area contributed by atoms with E-state index in [0.29, 0.717) is 12.8 Å². The monoisotopic (exact) mass is 680 g/mol. The lowest BCUT2D eigenvalue weighted by molar-refractivity contribution is -0.122. The van der Waals surface area contributed by atoms with Crippen molar-refractivity contribution in [3.8, 4) is 0 Å². The zero-order valence-electron chi connectivity index (χ0n) is 30.4. The van der Waals surface area contributed by atoms with Crippen LogP contribution in [0.15, 0.2) is 48.6 Å². The van der Waals surface area contributed by atoms with Gasteiger partial charge in [-0.2, -0.15) is 8.42 Å². The van der Waals surface area contributed by atoms with Gasteiger partial charge in [-0.3, -0.25) is 9.35 Å². The second kappa shape index (κ2) is 34.2. The first kappa shape index (κ1) is 45.3. The summed E-state index contributed by atoms with van der Waals surface area (Å²) in [5.41, 5.74) is 0. The predicted octanol–water partition coefficient (Wildman–Crippen LogP) is 11.1. The molecule has 6 nitrogen and oxygen atoms in total. The van der Waals surface area contributed by atoms with Crippen molar-refractivity contribution >= 4 is 16.0 Å². The summed E-state index contributed by atoms with van der Waals surface area (Å²) in [6, 6.07) is -0.979. The predicted molar refractivity (Wildman–Crippen MR) is 202 cm³/mol. The van der Waals surface area contributed by atoms with Crippen molar-refractivity contribution in [1.82, 2.24) is 5.32 Å². The lowest BCUT2D eigenvalue weighted by Gasteiger charge is -2.23. The molecule has 7 heteroatoms. The van der Waals surface area contributed by atoms with Crippen LogP contribution in [0, 0.1) is 0 Å². The van der Waals surface area contributed by atoms with Gasteiger partial charge in [0.25, 0.3) is 10.1 Å². The van der Waals surface area contributed by atoms with Gasteiger partial charge in [-0.15, -0.1) is 0 Å². The van der Waals surface area contributed by atoms with Crippen LogP contribution in [-0.4, -0.2) is 41.9 Å². The van der Waals surface area contributed by atoms with Gasteiger partial charge < -0.3 is 10.4 Å². The first-order chi connectivity index (χ1) is 22.8. The normalized spacial score (nSPS) is 13.9. The van der Waals surface area contributed by atoms with E-state index in [4.69, 9.17) is 0 Å². The number of rotatable bonds is 34. The molecule has 3 N–H and O–H groups in total. The maximum absolute atomic E-state index is 12.5. The lowest BCUT2D eigenvalue weighted by Crippen LogP contribution is -2.47. The van der Waals surface area contributed by atoms with Crippen molar-refractivity contribution in [2.45, 2.75) is 193 Å². The largest absolute Gasteiger partial charge is 0.391 e. The van der Waals surface area contributed by atoms with Crippen molar-refractivity contribution in [3.05, 3.63) is 48.6 Å². The van der Waals surface area contributed by atoms with Crippen LogP contribution in [-0.2, 0) is 14.9 Å². The van der Waals surface area contributed by atoms with Gasteiger partial charge in [0.2, 0.25) is 5.91 Å². The van der Waals surface area contributed by atoms with Crippen molar-refractivity contribution in [3.63, 3.8) is 0 Å². The summed E-state index contributed by atoms with van der Waals surface area (Å²) in [7, 11) is -4.31. The topological polar surface area (TPSA) is 104 Å². The molecule has 0 fully saturated rings. The third-order valence-corrected chi connectivity index (χ3v) is 9.33. The SMILES string of the molecule is CC/C=C\C/C=C\C/C=C\C/C=C\CCCCCCCCC(=O)NC(CS(=O)(=O)O)C(O)CCCCCCCCCCCCCCC. The van der Waals surface area contributed by atoms with Crippen molar-refractivity contribution in [2.24, 2.45) is 0 Å². The fourth-order valence-electron chi connectivity index (χ4n) is 5.68. The number of hydrogen-bond acceptors (Lipinski definition) is 4. The standard InChI is InChI=1S/C40H73NO5S/c1-3-5-7-9-11-13-15-17-18-19-20-21-22-24-26-28-30-32-34-36-40(43)41-38(37-47(44,45)46)39(42)35-33-31-29-27-25-23-16-14-12-10-8-6-4-2/h5,7,11,13,17-18,20-21,38-39,42H,3-4,6,8-10,12,14-16,19,22-37H2,1-2H3,(H,41,43)(H,44,45,46)/b7-5-,13-11-,18-17-,21-20-. The van der Waals surface area contributed by atoms with Crippen LogP contribution in [0.5, 0.6) is 0 Å². The molecule has 47 heavy (non-hydrogen) atoms. The zero-order chi connectivity index (χ0) is 34.7. The lowest BCUT2D eigenvalue weighted by atomic mass is 10.0. The average Bonchev–Trinajstić information content (AvgIpc) is 3.03. The van der Waals surface area contributed by atoms with E-state index < -0.39 is 28.0 Å². The van der Waals surface area contributed by atoms with Gasteiger partial charge in [-0.1, -0.05) is 172 Å². The van der Waals surface area contributed by atoms with Gasteiger partial charge >= 0.3 is 0 Å². The number of aliphatic hydroxyl groups is 1. The highest BCUT2D eigenvalue weighted by atomic mass is 32.2. The molecule has 0 aromatic heterocycles. The molecule has 0 saturated carbocycles. The highest BCUT2D eigenvalue weighted by molar-refractivity contribution is 7.85. The summed E-state index contributed by atoms with van der Waals surface area (Å²) in [6.07, 6.45) is 44.8. The molecule has 0 bridgehead atoms. The van der Waals surface area contributed by atoms with E-state index in [1.54, 1.807) is 0 Å². The number of hydrogen-bond donors (Lipinski definition) is 3. The Hall–Kier alpha value is -1.70. The van der Waals surface area contributed by atoms with Gasteiger partial charge in [-0.05, 0) is 51.4 Å². The summed E-state index contributed by atoms with van der Waals surface area (Å²) in [5, 5.41) is 13.3. The third-order valence-electron chi connectivity index (χ3n) is 8.55. The summed E-state index contributed by atoms with van der Waals surface area (Å²) in [6.45, 7) is 4.39. The number of allylic oxidation sites excluding steroid dienone is 8. The molecule has 0 rings (SSSR count).